The highest BCUT2D eigenvalue weighted by Gasteiger charge is 2.29. The molecule has 4 rings (SSSR count). The molecular formula is C18H14N2O3. The van der Waals surface area contributed by atoms with E-state index in [1.807, 2.05) is 54.6 Å². The van der Waals surface area contributed by atoms with Gasteiger partial charge in [0.15, 0.2) is 17.7 Å². The molecule has 0 fully saturated rings. The molecule has 0 unspecified atom stereocenters. The number of ether oxygens (including phenoxy) is 1. The summed E-state index contributed by atoms with van der Waals surface area (Å²) in [4.78, 5) is 12.3. The van der Waals surface area contributed by atoms with Crippen molar-refractivity contribution in [2.75, 3.05) is 5.32 Å². The predicted molar refractivity (Wildman–Crippen MR) is 85.1 cm³/mol. The van der Waals surface area contributed by atoms with E-state index in [0.29, 0.717) is 18.0 Å². The van der Waals surface area contributed by atoms with Gasteiger partial charge in [-0.05, 0) is 11.6 Å². The van der Waals surface area contributed by atoms with Crippen LogP contribution in [0.4, 0.5) is 5.82 Å². The topological polar surface area (TPSA) is 64.4 Å². The van der Waals surface area contributed by atoms with Gasteiger partial charge in [-0.15, -0.1) is 0 Å². The van der Waals surface area contributed by atoms with E-state index in [4.69, 9.17) is 9.26 Å². The highest BCUT2D eigenvalue weighted by atomic mass is 16.5. The molecule has 23 heavy (non-hydrogen) atoms. The van der Waals surface area contributed by atoms with Gasteiger partial charge in [-0.2, -0.15) is 0 Å². The number of carbonyl (C=O) groups is 1. The van der Waals surface area contributed by atoms with E-state index in [0.717, 1.165) is 16.9 Å². The van der Waals surface area contributed by atoms with Gasteiger partial charge in [0.25, 0.3) is 5.91 Å². The van der Waals surface area contributed by atoms with Crippen molar-refractivity contribution in [1.82, 2.24) is 5.16 Å². The normalized spacial score (nSPS) is 15.7. The van der Waals surface area contributed by atoms with Gasteiger partial charge in [0, 0.05) is 18.1 Å². The molecule has 2 aromatic carbocycles. The SMILES string of the molecule is O=C(Nc1cc(-c2ccccc2)on1)[C@@H]1Cc2ccccc2O1. The molecule has 1 N–H and O–H groups in total. The number of hydrogen-bond acceptors (Lipinski definition) is 4. The first-order chi connectivity index (χ1) is 11.3. The van der Waals surface area contributed by atoms with E-state index in [1.165, 1.54) is 0 Å². The number of anilines is 1. The highest BCUT2D eigenvalue weighted by molar-refractivity contribution is 5.94. The predicted octanol–water partition coefficient (Wildman–Crippen LogP) is 3.28. The van der Waals surface area contributed by atoms with Crippen LogP contribution in [0.5, 0.6) is 5.75 Å². The summed E-state index contributed by atoms with van der Waals surface area (Å²) < 4.78 is 10.9. The lowest BCUT2D eigenvalue weighted by atomic mass is 10.1. The molecule has 0 bridgehead atoms. The van der Waals surface area contributed by atoms with E-state index in [-0.39, 0.29) is 5.91 Å². The summed E-state index contributed by atoms with van der Waals surface area (Å²) >= 11 is 0. The first kappa shape index (κ1) is 13.6. The molecule has 1 aromatic heterocycles. The molecule has 0 aliphatic carbocycles. The fourth-order valence-electron chi connectivity index (χ4n) is 2.61. The number of carbonyl (C=O) groups excluding carboxylic acids is 1. The average molecular weight is 306 g/mol. The van der Waals surface area contributed by atoms with Crippen LogP contribution in [0.2, 0.25) is 0 Å². The smallest absolute Gasteiger partial charge is 0.267 e. The van der Waals surface area contributed by atoms with Crippen LogP contribution in [-0.4, -0.2) is 17.2 Å². The Morgan fingerprint density at radius 2 is 1.87 bits per heavy atom. The summed E-state index contributed by atoms with van der Waals surface area (Å²) in [5, 5.41) is 6.63. The zero-order valence-corrected chi connectivity index (χ0v) is 12.2. The van der Waals surface area contributed by atoms with Gasteiger partial charge in [-0.1, -0.05) is 53.7 Å². The molecule has 0 radical (unpaired) electrons. The molecule has 1 amide bonds. The third-order valence-electron chi connectivity index (χ3n) is 3.76. The van der Waals surface area contributed by atoms with E-state index >= 15 is 0 Å². The second kappa shape index (κ2) is 5.61. The maximum absolute atomic E-state index is 12.3. The third kappa shape index (κ3) is 2.68. The fourth-order valence-corrected chi connectivity index (χ4v) is 2.61. The minimum absolute atomic E-state index is 0.228. The molecule has 1 aliphatic heterocycles. The average Bonchev–Trinajstić information content (AvgIpc) is 3.22. The summed E-state index contributed by atoms with van der Waals surface area (Å²) in [5.41, 5.74) is 1.95. The summed E-state index contributed by atoms with van der Waals surface area (Å²) in [5.74, 6) is 1.52. The molecule has 3 aromatic rings. The van der Waals surface area contributed by atoms with E-state index < -0.39 is 6.10 Å². The highest BCUT2D eigenvalue weighted by Crippen LogP contribution is 2.29. The van der Waals surface area contributed by atoms with Crippen LogP contribution >= 0.6 is 0 Å². The Bertz CT molecular complexity index is 817. The molecule has 5 nitrogen and oxygen atoms in total. The third-order valence-corrected chi connectivity index (χ3v) is 3.76. The Kier molecular flexibility index (Phi) is 3.31. The molecule has 5 heteroatoms. The minimum atomic E-state index is -0.538. The Balaban J connectivity index is 1.45. The molecule has 2 heterocycles. The molecule has 0 saturated carbocycles. The first-order valence-electron chi connectivity index (χ1n) is 7.37. The van der Waals surface area contributed by atoms with Crippen molar-refractivity contribution < 1.29 is 14.1 Å². The van der Waals surface area contributed by atoms with Crippen LogP contribution in [0.3, 0.4) is 0 Å². The molecule has 114 valence electrons. The Labute approximate surface area is 132 Å². The number of aromatic nitrogens is 1. The Hall–Kier alpha value is -3.08. The van der Waals surface area contributed by atoms with Crippen LogP contribution < -0.4 is 10.1 Å². The summed E-state index contributed by atoms with van der Waals surface area (Å²) in [6, 6.07) is 19.0. The van der Waals surface area contributed by atoms with Gasteiger partial charge in [-0.25, -0.2) is 0 Å². The second-order valence-corrected chi connectivity index (χ2v) is 5.35. The van der Waals surface area contributed by atoms with Crippen LogP contribution in [-0.2, 0) is 11.2 Å². The van der Waals surface area contributed by atoms with Crippen LogP contribution in [0.25, 0.3) is 11.3 Å². The maximum atomic E-state index is 12.3. The number of para-hydroxylation sites is 1. The summed E-state index contributed by atoms with van der Waals surface area (Å²) in [6.45, 7) is 0. The van der Waals surface area contributed by atoms with Gasteiger partial charge in [0.05, 0.1) is 0 Å². The van der Waals surface area contributed by atoms with Gasteiger partial charge < -0.3 is 14.6 Å². The molecule has 1 atom stereocenters. The Morgan fingerprint density at radius 3 is 2.70 bits per heavy atom. The molecule has 0 spiro atoms. The largest absolute Gasteiger partial charge is 0.480 e. The quantitative estimate of drug-likeness (QED) is 0.806. The number of amides is 1. The molecular weight excluding hydrogens is 292 g/mol. The fraction of sp³-hybridized carbons (Fsp3) is 0.111. The van der Waals surface area contributed by atoms with Crippen LogP contribution in [0.1, 0.15) is 5.56 Å². The maximum Gasteiger partial charge on any atom is 0.267 e. The Morgan fingerprint density at radius 1 is 1.09 bits per heavy atom. The second-order valence-electron chi connectivity index (χ2n) is 5.35. The number of benzene rings is 2. The van der Waals surface area contributed by atoms with Crippen molar-refractivity contribution in [2.24, 2.45) is 0 Å². The number of hydrogen-bond donors (Lipinski definition) is 1. The first-order valence-corrected chi connectivity index (χ1v) is 7.37. The lowest BCUT2D eigenvalue weighted by Gasteiger charge is -2.09. The monoisotopic (exact) mass is 306 g/mol. The van der Waals surface area contributed by atoms with Crippen molar-refractivity contribution >= 4 is 11.7 Å². The molecule has 0 saturated heterocycles. The standard InChI is InChI=1S/C18H14N2O3/c21-18(16-10-13-8-4-5-9-14(13)22-16)19-17-11-15(23-20-17)12-6-2-1-3-7-12/h1-9,11,16H,10H2,(H,19,20,21)/t16-/m0/s1. The van der Waals surface area contributed by atoms with E-state index in [1.54, 1.807) is 6.07 Å². The van der Waals surface area contributed by atoms with Crippen molar-refractivity contribution in [3.05, 3.63) is 66.2 Å². The summed E-state index contributed by atoms with van der Waals surface area (Å²) in [6.07, 6.45) is 0.0232. The van der Waals surface area contributed by atoms with Gasteiger partial charge in [0.2, 0.25) is 0 Å². The van der Waals surface area contributed by atoms with Gasteiger partial charge >= 0.3 is 0 Å². The number of nitrogens with one attached hydrogen (secondary N) is 1. The van der Waals surface area contributed by atoms with E-state index in [9.17, 15) is 4.79 Å². The summed E-state index contributed by atoms with van der Waals surface area (Å²) in [7, 11) is 0. The van der Waals surface area contributed by atoms with Gasteiger partial charge in [0.1, 0.15) is 5.75 Å². The van der Waals surface area contributed by atoms with Crippen molar-refractivity contribution in [3.8, 4) is 17.1 Å². The molecule has 1 aliphatic rings. The number of rotatable bonds is 3. The lowest BCUT2D eigenvalue weighted by Crippen LogP contribution is -2.31. The zero-order valence-electron chi connectivity index (χ0n) is 12.2. The zero-order chi connectivity index (χ0) is 15.6. The minimum Gasteiger partial charge on any atom is -0.480 e. The number of fused-ring (bicyclic) bond motifs is 1. The lowest BCUT2D eigenvalue weighted by molar-refractivity contribution is -0.122. The van der Waals surface area contributed by atoms with Gasteiger partial charge in [-0.3, -0.25) is 4.79 Å². The van der Waals surface area contributed by atoms with Crippen LogP contribution in [0.15, 0.2) is 65.2 Å². The van der Waals surface area contributed by atoms with Crippen LogP contribution in [0, 0.1) is 0 Å². The van der Waals surface area contributed by atoms with E-state index in [2.05, 4.69) is 10.5 Å². The number of nitrogens with zero attached hydrogens (tertiary/aromatic N) is 1. The van der Waals surface area contributed by atoms with Crippen molar-refractivity contribution in [1.29, 1.82) is 0 Å². The van der Waals surface area contributed by atoms with Crippen molar-refractivity contribution in [2.45, 2.75) is 12.5 Å². The van der Waals surface area contributed by atoms with Crippen molar-refractivity contribution in [3.63, 3.8) is 0 Å².